The first-order valence-corrected chi connectivity index (χ1v) is 7.95. The van der Waals surface area contributed by atoms with Crippen LogP contribution in [0.15, 0.2) is 30.5 Å². The van der Waals surface area contributed by atoms with Crippen LogP contribution in [0.5, 0.6) is 0 Å². The molecule has 0 aliphatic carbocycles. The fraction of sp³-hybridized carbons (Fsp3) is 0.389. The predicted octanol–water partition coefficient (Wildman–Crippen LogP) is 2.86. The van der Waals surface area contributed by atoms with E-state index in [0.717, 1.165) is 37.5 Å². The molecule has 0 unspecified atom stereocenters. The molecule has 2 aromatic heterocycles. The number of piperazine rings is 1. The Morgan fingerprint density at radius 2 is 1.68 bits per heavy atom. The molecule has 1 aromatic carbocycles. The van der Waals surface area contributed by atoms with Gasteiger partial charge in [0.15, 0.2) is 5.82 Å². The Kier molecular flexibility index (Phi) is 3.08. The summed E-state index contributed by atoms with van der Waals surface area (Å²) in [6.45, 7) is 8.60. The molecule has 1 saturated heterocycles. The number of nitrogens with zero attached hydrogens (tertiary/aromatic N) is 4. The van der Waals surface area contributed by atoms with Crippen molar-refractivity contribution in [2.75, 3.05) is 38.1 Å². The summed E-state index contributed by atoms with van der Waals surface area (Å²) >= 11 is 0. The fourth-order valence-electron chi connectivity index (χ4n) is 3.26. The van der Waals surface area contributed by atoms with E-state index in [-0.39, 0.29) is 0 Å². The molecule has 114 valence electrons. The zero-order valence-electron chi connectivity index (χ0n) is 13.5. The van der Waals surface area contributed by atoms with Gasteiger partial charge in [0.1, 0.15) is 0 Å². The number of rotatable bonds is 1. The molecular formula is C18H22N4. The van der Waals surface area contributed by atoms with E-state index in [2.05, 4.69) is 65.6 Å². The van der Waals surface area contributed by atoms with Crippen LogP contribution in [0.4, 0.5) is 5.82 Å². The lowest BCUT2D eigenvalue weighted by Crippen LogP contribution is -2.45. The molecule has 0 atom stereocenters. The van der Waals surface area contributed by atoms with Gasteiger partial charge in [-0.15, -0.1) is 0 Å². The molecule has 0 bridgehead atoms. The second-order valence-corrected chi connectivity index (χ2v) is 6.41. The first kappa shape index (κ1) is 13.6. The molecule has 0 N–H and O–H groups in total. The van der Waals surface area contributed by atoms with Crippen molar-refractivity contribution in [1.82, 2.24) is 14.3 Å². The van der Waals surface area contributed by atoms with Crippen molar-refractivity contribution in [2.45, 2.75) is 13.8 Å². The van der Waals surface area contributed by atoms with Crippen LogP contribution >= 0.6 is 0 Å². The van der Waals surface area contributed by atoms with Gasteiger partial charge in [0.25, 0.3) is 0 Å². The smallest absolute Gasteiger partial charge is 0.153 e. The Hall–Kier alpha value is -2.07. The van der Waals surface area contributed by atoms with E-state index < -0.39 is 0 Å². The second-order valence-electron chi connectivity index (χ2n) is 6.41. The molecule has 0 radical (unpaired) electrons. The molecule has 1 fully saturated rings. The minimum atomic E-state index is 1.04. The number of hydrogen-bond acceptors (Lipinski definition) is 3. The third-order valence-corrected chi connectivity index (χ3v) is 4.86. The van der Waals surface area contributed by atoms with E-state index in [0.29, 0.717) is 0 Å². The first-order valence-electron chi connectivity index (χ1n) is 7.95. The molecular weight excluding hydrogens is 272 g/mol. The summed E-state index contributed by atoms with van der Waals surface area (Å²) < 4.78 is 2.28. The maximum Gasteiger partial charge on any atom is 0.153 e. The van der Waals surface area contributed by atoms with Gasteiger partial charge in [0.05, 0.1) is 16.6 Å². The average molecular weight is 294 g/mol. The van der Waals surface area contributed by atoms with Gasteiger partial charge >= 0.3 is 0 Å². The Morgan fingerprint density at radius 1 is 0.955 bits per heavy atom. The van der Waals surface area contributed by atoms with Gasteiger partial charge in [-0.2, -0.15) is 0 Å². The Labute approximate surface area is 131 Å². The molecule has 0 saturated carbocycles. The van der Waals surface area contributed by atoms with Gasteiger partial charge in [-0.05, 0) is 56.3 Å². The van der Waals surface area contributed by atoms with Crippen molar-refractivity contribution < 1.29 is 0 Å². The number of aromatic nitrogens is 2. The maximum absolute atomic E-state index is 5.01. The van der Waals surface area contributed by atoms with Crippen LogP contribution in [-0.2, 0) is 0 Å². The van der Waals surface area contributed by atoms with Crippen molar-refractivity contribution >= 4 is 22.4 Å². The fourth-order valence-corrected chi connectivity index (χ4v) is 3.26. The van der Waals surface area contributed by atoms with Crippen LogP contribution in [0.1, 0.15) is 11.1 Å². The Bertz CT molecular complexity index is 841. The first-order chi connectivity index (χ1) is 10.6. The lowest BCUT2D eigenvalue weighted by atomic mass is 10.1. The van der Waals surface area contributed by atoms with Crippen LogP contribution in [0, 0.1) is 13.8 Å². The van der Waals surface area contributed by atoms with Gasteiger partial charge in [0, 0.05) is 32.4 Å². The van der Waals surface area contributed by atoms with Gasteiger partial charge in [-0.3, -0.25) is 0 Å². The van der Waals surface area contributed by atoms with Crippen molar-refractivity contribution in [3.63, 3.8) is 0 Å². The highest BCUT2D eigenvalue weighted by atomic mass is 15.3. The van der Waals surface area contributed by atoms with Crippen LogP contribution in [0.2, 0.25) is 0 Å². The monoisotopic (exact) mass is 294 g/mol. The lowest BCUT2D eigenvalue weighted by molar-refractivity contribution is 0.312. The van der Waals surface area contributed by atoms with Crippen LogP contribution < -0.4 is 4.90 Å². The zero-order valence-corrected chi connectivity index (χ0v) is 13.5. The SMILES string of the molecule is Cc1cc2nc(N3CCN(C)CC3)c3cccn3c2cc1C. The standard InChI is InChI=1S/C18H22N4/c1-13-11-15-17(12-14(13)2)22-6-4-5-16(22)18(19-15)21-9-7-20(3)8-10-21/h4-6,11-12H,7-10H2,1-3H3. The highest BCUT2D eigenvalue weighted by Crippen LogP contribution is 2.27. The summed E-state index contributed by atoms with van der Waals surface area (Å²) in [6.07, 6.45) is 2.15. The Balaban J connectivity index is 1.93. The second kappa shape index (κ2) is 4.99. The average Bonchev–Trinajstić information content (AvgIpc) is 2.99. The molecule has 22 heavy (non-hydrogen) atoms. The summed E-state index contributed by atoms with van der Waals surface area (Å²) in [4.78, 5) is 9.81. The molecule has 4 nitrogen and oxygen atoms in total. The molecule has 3 heterocycles. The number of likely N-dealkylation sites (N-methyl/N-ethyl adjacent to an activating group) is 1. The van der Waals surface area contributed by atoms with Crippen LogP contribution in [-0.4, -0.2) is 47.5 Å². The Morgan fingerprint density at radius 3 is 2.45 bits per heavy atom. The number of anilines is 1. The molecule has 4 rings (SSSR count). The van der Waals surface area contributed by atoms with Crippen molar-refractivity contribution in [3.05, 3.63) is 41.6 Å². The molecule has 3 aromatic rings. The number of benzene rings is 1. The summed E-state index contributed by atoms with van der Waals surface area (Å²) in [7, 11) is 2.18. The number of aryl methyl sites for hydroxylation is 2. The highest BCUT2D eigenvalue weighted by Gasteiger charge is 2.19. The van der Waals surface area contributed by atoms with E-state index in [1.807, 2.05) is 0 Å². The summed E-state index contributed by atoms with van der Waals surface area (Å²) in [5, 5.41) is 0. The molecule has 0 spiro atoms. The van der Waals surface area contributed by atoms with Gasteiger partial charge in [-0.25, -0.2) is 4.98 Å². The maximum atomic E-state index is 5.01. The predicted molar refractivity (Wildman–Crippen MR) is 91.9 cm³/mol. The van der Waals surface area contributed by atoms with Crippen LogP contribution in [0.3, 0.4) is 0 Å². The van der Waals surface area contributed by atoms with Crippen molar-refractivity contribution in [1.29, 1.82) is 0 Å². The van der Waals surface area contributed by atoms with Gasteiger partial charge in [0.2, 0.25) is 0 Å². The topological polar surface area (TPSA) is 23.8 Å². The summed E-state index contributed by atoms with van der Waals surface area (Å²) in [6, 6.07) is 8.75. The van der Waals surface area contributed by atoms with Crippen LogP contribution in [0.25, 0.3) is 16.6 Å². The quantitative estimate of drug-likeness (QED) is 0.689. The third-order valence-electron chi connectivity index (χ3n) is 4.86. The summed E-state index contributed by atoms with van der Waals surface area (Å²) in [5.74, 6) is 1.12. The van der Waals surface area contributed by atoms with E-state index in [1.54, 1.807) is 0 Å². The lowest BCUT2D eigenvalue weighted by Gasteiger charge is -2.33. The van der Waals surface area contributed by atoms with Gasteiger partial charge < -0.3 is 14.2 Å². The highest BCUT2D eigenvalue weighted by molar-refractivity contribution is 5.86. The molecule has 1 aliphatic heterocycles. The third kappa shape index (κ3) is 2.06. The normalized spacial score (nSPS) is 16.8. The van der Waals surface area contributed by atoms with E-state index in [9.17, 15) is 0 Å². The van der Waals surface area contributed by atoms with Crippen molar-refractivity contribution in [3.8, 4) is 0 Å². The number of hydrogen-bond donors (Lipinski definition) is 0. The number of fused-ring (bicyclic) bond motifs is 3. The molecule has 0 amide bonds. The van der Waals surface area contributed by atoms with E-state index in [4.69, 9.17) is 4.98 Å². The van der Waals surface area contributed by atoms with E-state index in [1.165, 1.54) is 22.2 Å². The summed E-state index contributed by atoms with van der Waals surface area (Å²) in [5.41, 5.74) is 6.11. The molecule has 1 aliphatic rings. The van der Waals surface area contributed by atoms with Crippen molar-refractivity contribution in [2.24, 2.45) is 0 Å². The minimum Gasteiger partial charge on any atom is -0.352 e. The molecule has 4 heteroatoms. The zero-order chi connectivity index (χ0) is 15.3. The largest absolute Gasteiger partial charge is 0.352 e. The van der Waals surface area contributed by atoms with E-state index >= 15 is 0 Å². The van der Waals surface area contributed by atoms with Gasteiger partial charge in [-0.1, -0.05) is 0 Å². The minimum absolute atomic E-state index is 1.04.